The average molecular weight is 297 g/mol. The Morgan fingerprint density at radius 1 is 1.35 bits per heavy atom. The molecule has 0 aliphatic carbocycles. The van der Waals surface area contributed by atoms with Gasteiger partial charge in [-0.2, -0.15) is 0 Å². The monoisotopic (exact) mass is 297 g/mol. The van der Waals surface area contributed by atoms with Crippen molar-refractivity contribution in [2.75, 3.05) is 18.4 Å². The minimum absolute atomic E-state index is 0.0424. The number of anilines is 1. The molecule has 0 spiro atoms. The molecule has 7 heteroatoms. The number of carbonyl (C=O) groups is 1. The Balaban J connectivity index is 1.86. The summed E-state index contributed by atoms with van der Waals surface area (Å²) in [5.41, 5.74) is -0.0424. The third-order valence-electron chi connectivity index (χ3n) is 3.17. The molecule has 1 aromatic heterocycles. The van der Waals surface area contributed by atoms with Crippen LogP contribution in [0, 0.1) is 0 Å². The Hall–Kier alpha value is -1.21. The molecule has 2 heterocycles. The average Bonchev–Trinajstić information content (AvgIpc) is 2.67. The smallest absolute Gasteiger partial charge is 0.321 e. The molecule has 1 aliphatic heterocycles. The molecule has 0 bridgehead atoms. The third-order valence-corrected chi connectivity index (χ3v) is 4.43. The fraction of sp³-hybridized carbons (Fsp3) is 0.769. The Labute approximate surface area is 123 Å². The van der Waals surface area contributed by atoms with Gasteiger partial charge in [0, 0.05) is 18.0 Å². The van der Waals surface area contributed by atoms with Gasteiger partial charge >= 0.3 is 6.03 Å². The number of nitrogens with one attached hydrogen (secondary N) is 3. The van der Waals surface area contributed by atoms with E-state index in [4.69, 9.17) is 0 Å². The summed E-state index contributed by atoms with van der Waals surface area (Å²) < 4.78 is 0. The van der Waals surface area contributed by atoms with E-state index >= 15 is 0 Å². The molecule has 2 amide bonds. The minimum atomic E-state index is -0.199. The van der Waals surface area contributed by atoms with Gasteiger partial charge in [0.1, 0.15) is 5.01 Å². The van der Waals surface area contributed by atoms with Gasteiger partial charge in [0.2, 0.25) is 5.13 Å². The van der Waals surface area contributed by atoms with Crippen LogP contribution in [-0.2, 0) is 5.41 Å². The van der Waals surface area contributed by atoms with Crippen LogP contribution in [0.1, 0.15) is 45.0 Å². The number of amides is 2. The summed E-state index contributed by atoms with van der Waals surface area (Å²) >= 11 is 1.42. The largest absolute Gasteiger partial charge is 0.334 e. The number of aromatic nitrogens is 2. The molecule has 1 unspecified atom stereocenters. The molecule has 2 rings (SSSR count). The fourth-order valence-electron chi connectivity index (χ4n) is 2.04. The number of carbonyl (C=O) groups excluding carboxylic acids is 1. The van der Waals surface area contributed by atoms with Crippen molar-refractivity contribution >= 4 is 22.5 Å². The highest BCUT2D eigenvalue weighted by molar-refractivity contribution is 7.15. The van der Waals surface area contributed by atoms with Gasteiger partial charge in [-0.1, -0.05) is 38.5 Å². The zero-order chi connectivity index (χ0) is 14.6. The summed E-state index contributed by atoms with van der Waals surface area (Å²) in [6, 6.07) is -0.0113. The summed E-state index contributed by atoms with van der Waals surface area (Å²) in [5.74, 6) is 0. The molecular weight excluding hydrogens is 274 g/mol. The van der Waals surface area contributed by atoms with Gasteiger partial charge in [-0.05, 0) is 19.4 Å². The van der Waals surface area contributed by atoms with Crippen LogP contribution in [0.15, 0.2) is 0 Å². The van der Waals surface area contributed by atoms with Gasteiger partial charge in [-0.3, -0.25) is 5.32 Å². The van der Waals surface area contributed by atoms with E-state index in [1.165, 1.54) is 17.8 Å². The molecule has 6 nitrogen and oxygen atoms in total. The van der Waals surface area contributed by atoms with Gasteiger partial charge in [0.05, 0.1) is 0 Å². The van der Waals surface area contributed by atoms with Gasteiger partial charge in [0.25, 0.3) is 0 Å². The number of hydrogen-bond donors (Lipinski definition) is 3. The van der Waals surface area contributed by atoms with Crippen molar-refractivity contribution in [2.24, 2.45) is 0 Å². The van der Waals surface area contributed by atoms with Crippen LogP contribution in [0.3, 0.4) is 0 Å². The van der Waals surface area contributed by atoms with Crippen molar-refractivity contribution in [1.82, 2.24) is 20.8 Å². The maximum absolute atomic E-state index is 11.9. The Morgan fingerprint density at radius 3 is 2.85 bits per heavy atom. The van der Waals surface area contributed by atoms with E-state index in [-0.39, 0.29) is 17.5 Å². The van der Waals surface area contributed by atoms with Gasteiger partial charge in [-0.25, -0.2) is 4.79 Å². The first-order valence-corrected chi connectivity index (χ1v) is 7.89. The molecule has 20 heavy (non-hydrogen) atoms. The van der Waals surface area contributed by atoms with E-state index in [0.29, 0.717) is 5.13 Å². The van der Waals surface area contributed by atoms with E-state index in [9.17, 15) is 4.79 Å². The lowest BCUT2D eigenvalue weighted by molar-refractivity contribution is 0.247. The van der Waals surface area contributed by atoms with Crippen LogP contribution in [0.2, 0.25) is 0 Å². The van der Waals surface area contributed by atoms with Gasteiger partial charge < -0.3 is 10.6 Å². The maximum atomic E-state index is 11.9. The first-order chi connectivity index (χ1) is 9.45. The summed E-state index contributed by atoms with van der Waals surface area (Å²) in [4.78, 5) is 11.9. The predicted octanol–water partition coefficient (Wildman–Crippen LogP) is 2.10. The van der Waals surface area contributed by atoms with Gasteiger partial charge in [0.15, 0.2) is 0 Å². The van der Waals surface area contributed by atoms with Crippen molar-refractivity contribution in [3.63, 3.8) is 0 Å². The van der Waals surface area contributed by atoms with Crippen molar-refractivity contribution in [3.05, 3.63) is 5.01 Å². The second-order valence-electron chi connectivity index (χ2n) is 6.16. The first kappa shape index (κ1) is 15.2. The van der Waals surface area contributed by atoms with Crippen molar-refractivity contribution in [3.8, 4) is 0 Å². The lowest BCUT2D eigenvalue weighted by Crippen LogP contribution is -2.42. The zero-order valence-corrected chi connectivity index (χ0v) is 13.1. The van der Waals surface area contributed by atoms with Crippen LogP contribution >= 0.6 is 11.3 Å². The Kier molecular flexibility index (Phi) is 4.93. The lowest BCUT2D eigenvalue weighted by atomic mass is 9.98. The van der Waals surface area contributed by atoms with Crippen molar-refractivity contribution in [2.45, 2.75) is 51.5 Å². The standard InChI is InChI=1S/C13H23N5OS/c1-13(2,3)10-17-18-12(20-10)16-11(19)15-9-6-4-5-7-14-8-9/h9,14H,4-8H2,1-3H3,(H2,15,16,18,19). The quantitative estimate of drug-likeness (QED) is 0.781. The van der Waals surface area contributed by atoms with Crippen molar-refractivity contribution in [1.29, 1.82) is 0 Å². The van der Waals surface area contributed by atoms with Crippen LogP contribution in [0.4, 0.5) is 9.93 Å². The highest BCUT2D eigenvalue weighted by atomic mass is 32.1. The second kappa shape index (κ2) is 6.49. The van der Waals surface area contributed by atoms with Gasteiger partial charge in [-0.15, -0.1) is 10.2 Å². The van der Waals surface area contributed by atoms with Crippen LogP contribution in [0.25, 0.3) is 0 Å². The zero-order valence-electron chi connectivity index (χ0n) is 12.3. The third kappa shape index (κ3) is 4.42. The molecular formula is C13H23N5OS. The molecule has 3 N–H and O–H groups in total. The van der Waals surface area contributed by atoms with E-state index < -0.39 is 0 Å². The molecule has 1 saturated heterocycles. The molecule has 0 aromatic carbocycles. The second-order valence-corrected chi connectivity index (χ2v) is 7.14. The maximum Gasteiger partial charge on any atom is 0.321 e. The van der Waals surface area contributed by atoms with E-state index in [1.54, 1.807) is 0 Å². The van der Waals surface area contributed by atoms with Crippen LogP contribution < -0.4 is 16.0 Å². The summed E-state index contributed by atoms with van der Waals surface area (Å²) in [6.07, 6.45) is 3.33. The highest BCUT2D eigenvalue weighted by Crippen LogP contribution is 2.27. The summed E-state index contributed by atoms with van der Waals surface area (Å²) in [6.45, 7) is 8.10. The predicted molar refractivity (Wildman–Crippen MR) is 81.3 cm³/mol. The van der Waals surface area contributed by atoms with E-state index in [0.717, 1.165) is 30.9 Å². The Bertz CT molecular complexity index is 446. The molecule has 1 aliphatic rings. The van der Waals surface area contributed by atoms with Crippen LogP contribution in [-0.4, -0.2) is 35.4 Å². The first-order valence-electron chi connectivity index (χ1n) is 7.07. The molecule has 0 radical (unpaired) electrons. The minimum Gasteiger partial charge on any atom is -0.334 e. The SMILES string of the molecule is CC(C)(C)c1nnc(NC(=O)NC2CCCCNC2)s1. The normalized spacial score (nSPS) is 20.2. The summed E-state index contributed by atoms with van der Waals surface area (Å²) in [7, 11) is 0. The Morgan fingerprint density at radius 2 is 2.15 bits per heavy atom. The topological polar surface area (TPSA) is 78.9 Å². The molecule has 0 saturated carbocycles. The van der Waals surface area contributed by atoms with E-state index in [1.807, 2.05) is 0 Å². The number of hydrogen-bond acceptors (Lipinski definition) is 5. The highest BCUT2D eigenvalue weighted by Gasteiger charge is 2.20. The number of rotatable bonds is 2. The fourth-order valence-corrected chi connectivity index (χ4v) is 2.83. The molecule has 1 aromatic rings. The van der Waals surface area contributed by atoms with Crippen molar-refractivity contribution < 1.29 is 4.79 Å². The van der Waals surface area contributed by atoms with Crippen LogP contribution in [0.5, 0.6) is 0 Å². The number of nitrogens with zero attached hydrogens (tertiary/aromatic N) is 2. The van der Waals surface area contributed by atoms with E-state index in [2.05, 4.69) is 46.9 Å². The number of urea groups is 1. The molecule has 112 valence electrons. The summed E-state index contributed by atoms with van der Waals surface area (Å²) in [5, 5.41) is 18.7. The lowest BCUT2D eigenvalue weighted by Gasteiger charge is -2.16. The molecule has 1 fully saturated rings. The molecule has 1 atom stereocenters.